The molecule has 1 heterocycles. The Balaban J connectivity index is 0.00000105. The van der Waals surface area contributed by atoms with Crippen LogP contribution in [0.4, 0.5) is 0 Å². The SMILES string of the molecule is C=Cc1c(/C=C\C)c2c3cccc4ccc5cccc(c5c43)c2n1C1CCCCC1.CC. The van der Waals surface area contributed by atoms with Crippen molar-refractivity contribution in [3.63, 3.8) is 0 Å². The molecule has 1 nitrogen and oxygen atoms in total. The third-order valence-corrected chi connectivity index (χ3v) is 7.16. The molecule has 0 atom stereocenters. The predicted molar refractivity (Wildman–Crippen MR) is 144 cm³/mol. The van der Waals surface area contributed by atoms with Crippen molar-refractivity contribution >= 4 is 55.4 Å². The fourth-order valence-corrected chi connectivity index (χ4v) is 5.99. The van der Waals surface area contributed by atoms with Crippen molar-refractivity contribution < 1.29 is 0 Å². The summed E-state index contributed by atoms with van der Waals surface area (Å²) < 4.78 is 2.65. The summed E-state index contributed by atoms with van der Waals surface area (Å²) >= 11 is 0. The highest BCUT2D eigenvalue weighted by molar-refractivity contribution is 6.34. The molecule has 1 fully saturated rings. The maximum Gasteiger partial charge on any atom is 0.0580 e. The van der Waals surface area contributed by atoms with E-state index >= 15 is 0 Å². The van der Waals surface area contributed by atoms with Gasteiger partial charge in [0, 0.05) is 28.1 Å². The van der Waals surface area contributed by atoms with Gasteiger partial charge in [-0.15, -0.1) is 0 Å². The van der Waals surface area contributed by atoms with Gasteiger partial charge in [-0.2, -0.15) is 0 Å². The first-order valence-corrected chi connectivity index (χ1v) is 12.3. The van der Waals surface area contributed by atoms with Crippen molar-refractivity contribution in [2.24, 2.45) is 0 Å². The Kier molecular flexibility index (Phi) is 5.51. The zero-order valence-corrected chi connectivity index (χ0v) is 19.6. The lowest BCUT2D eigenvalue weighted by Crippen LogP contribution is -2.14. The topological polar surface area (TPSA) is 4.93 Å². The molecule has 162 valence electrons. The molecule has 1 aromatic heterocycles. The van der Waals surface area contributed by atoms with Crippen molar-refractivity contribution in [3.8, 4) is 0 Å². The Morgan fingerprint density at radius 2 is 1.44 bits per heavy atom. The van der Waals surface area contributed by atoms with Crippen molar-refractivity contribution in [3.05, 3.63) is 72.4 Å². The van der Waals surface area contributed by atoms with Crippen LogP contribution in [0.5, 0.6) is 0 Å². The molecule has 0 spiro atoms. The molecule has 1 aliphatic rings. The summed E-state index contributed by atoms with van der Waals surface area (Å²) in [5, 5.41) is 9.63. The Hall–Kier alpha value is -3.06. The van der Waals surface area contributed by atoms with Crippen molar-refractivity contribution in [2.75, 3.05) is 0 Å². The largest absolute Gasteiger partial charge is 0.337 e. The molecule has 1 heteroatoms. The zero-order valence-electron chi connectivity index (χ0n) is 19.6. The number of rotatable bonds is 3. The van der Waals surface area contributed by atoms with Gasteiger partial charge in [0.2, 0.25) is 0 Å². The molecule has 0 bridgehead atoms. The quantitative estimate of drug-likeness (QED) is 0.256. The summed E-state index contributed by atoms with van der Waals surface area (Å²) in [5.41, 5.74) is 4.01. The van der Waals surface area contributed by atoms with E-state index in [0.717, 1.165) is 0 Å². The van der Waals surface area contributed by atoms with Crippen LogP contribution in [0.1, 0.15) is 70.2 Å². The number of fused-ring (bicyclic) bond motifs is 3. The summed E-state index contributed by atoms with van der Waals surface area (Å²) in [6.07, 6.45) is 13.1. The minimum Gasteiger partial charge on any atom is -0.337 e. The molecule has 0 aliphatic heterocycles. The molecular weight excluding hydrogens is 386 g/mol. The van der Waals surface area contributed by atoms with Crippen LogP contribution in [0, 0.1) is 0 Å². The van der Waals surface area contributed by atoms with Crippen LogP contribution in [0.15, 0.2) is 61.2 Å². The van der Waals surface area contributed by atoms with E-state index in [1.54, 1.807) is 0 Å². The van der Waals surface area contributed by atoms with E-state index in [2.05, 4.69) is 84.8 Å². The molecule has 1 saturated carbocycles. The lowest BCUT2D eigenvalue weighted by molar-refractivity contribution is 0.360. The van der Waals surface area contributed by atoms with Crippen LogP contribution >= 0.6 is 0 Å². The number of hydrogen-bond donors (Lipinski definition) is 0. The first kappa shape index (κ1) is 20.8. The monoisotopic (exact) mass is 419 g/mol. The van der Waals surface area contributed by atoms with Gasteiger partial charge in [0.25, 0.3) is 0 Å². The van der Waals surface area contributed by atoms with E-state index in [1.807, 2.05) is 13.8 Å². The van der Waals surface area contributed by atoms with E-state index in [9.17, 15) is 0 Å². The minimum atomic E-state index is 0.555. The fraction of sp³-hybridized carbons (Fsp3) is 0.290. The van der Waals surface area contributed by atoms with E-state index in [-0.39, 0.29) is 0 Å². The van der Waals surface area contributed by atoms with E-state index in [0.29, 0.717) is 6.04 Å². The minimum absolute atomic E-state index is 0.555. The Bertz CT molecular complexity index is 1440. The van der Waals surface area contributed by atoms with Gasteiger partial charge < -0.3 is 4.57 Å². The van der Waals surface area contributed by atoms with Gasteiger partial charge in [-0.1, -0.05) is 100 Å². The van der Waals surface area contributed by atoms with Gasteiger partial charge in [-0.05, 0) is 52.8 Å². The molecule has 4 aromatic carbocycles. The van der Waals surface area contributed by atoms with E-state index < -0.39 is 0 Å². The second-order valence-corrected chi connectivity index (χ2v) is 8.76. The maximum absolute atomic E-state index is 4.27. The number of aromatic nitrogens is 1. The van der Waals surface area contributed by atoms with Crippen molar-refractivity contribution in [1.29, 1.82) is 0 Å². The summed E-state index contributed by atoms with van der Waals surface area (Å²) in [4.78, 5) is 0. The summed E-state index contributed by atoms with van der Waals surface area (Å²) in [6, 6.07) is 18.7. The molecule has 0 saturated heterocycles. The summed E-state index contributed by atoms with van der Waals surface area (Å²) in [5.74, 6) is 0. The Labute approximate surface area is 191 Å². The molecule has 6 rings (SSSR count). The second-order valence-electron chi connectivity index (χ2n) is 8.76. The lowest BCUT2D eigenvalue weighted by Gasteiger charge is -2.26. The average Bonchev–Trinajstić information content (AvgIpc) is 3.19. The number of allylic oxidation sites excluding steroid dienone is 1. The Morgan fingerprint density at radius 1 is 0.812 bits per heavy atom. The third-order valence-electron chi connectivity index (χ3n) is 7.16. The first-order chi connectivity index (χ1) is 15.8. The van der Waals surface area contributed by atoms with Crippen LogP contribution < -0.4 is 0 Å². The molecule has 0 unspecified atom stereocenters. The van der Waals surface area contributed by atoms with Gasteiger partial charge in [0.1, 0.15) is 0 Å². The third kappa shape index (κ3) is 2.91. The standard InChI is InChI=1S/C29H27N.C2H6/c1-3-10-22-25(4-2)30(21-13-6-5-7-14-21)29-24-16-9-12-20-18-17-19-11-8-15-23(28(22)29)26(19)27(20)24;1-2/h3-4,8-12,15-18,21H,2,5-7,13-14H2,1H3;1-2H3/b10-3-;. The van der Waals surface area contributed by atoms with Gasteiger partial charge in [0.15, 0.2) is 0 Å². The zero-order chi connectivity index (χ0) is 22.2. The van der Waals surface area contributed by atoms with Crippen LogP contribution in [-0.4, -0.2) is 4.57 Å². The van der Waals surface area contributed by atoms with Crippen LogP contribution in [0.3, 0.4) is 0 Å². The Morgan fingerprint density at radius 3 is 2.06 bits per heavy atom. The number of hydrogen-bond acceptors (Lipinski definition) is 0. The van der Waals surface area contributed by atoms with Gasteiger partial charge in [0.05, 0.1) is 5.52 Å². The highest BCUT2D eigenvalue weighted by atomic mass is 15.0. The van der Waals surface area contributed by atoms with Gasteiger partial charge in [-0.3, -0.25) is 0 Å². The number of nitrogens with zero attached hydrogens (tertiary/aromatic N) is 1. The average molecular weight is 420 g/mol. The van der Waals surface area contributed by atoms with E-state index in [4.69, 9.17) is 0 Å². The van der Waals surface area contributed by atoms with Gasteiger partial charge in [-0.25, -0.2) is 0 Å². The van der Waals surface area contributed by atoms with Crippen molar-refractivity contribution in [2.45, 2.75) is 58.9 Å². The predicted octanol–water partition coefficient (Wildman–Crippen LogP) is 9.75. The highest BCUT2D eigenvalue weighted by Gasteiger charge is 2.26. The lowest BCUT2D eigenvalue weighted by atomic mass is 9.90. The molecular formula is C31H33N. The smallest absolute Gasteiger partial charge is 0.0580 e. The molecule has 1 aliphatic carbocycles. The summed E-state index contributed by atoms with van der Waals surface area (Å²) in [6.45, 7) is 10.4. The molecule has 0 radical (unpaired) electrons. The molecule has 5 aromatic rings. The molecule has 32 heavy (non-hydrogen) atoms. The van der Waals surface area contributed by atoms with Crippen molar-refractivity contribution in [1.82, 2.24) is 4.57 Å². The molecule has 0 N–H and O–H groups in total. The normalized spacial score (nSPS) is 15.2. The van der Waals surface area contributed by atoms with Crippen LogP contribution in [-0.2, 0) is 0 Å². The second kappa shape index (κ2) is 8.47. The van der Waals surface area contributed by atoms with Gasteiger partial charge >= 0.3 is 0 Å². The maximum atomic E-state index is 4.27. The number of benzene rings is 4. The van der Waals surface area contributed by atoms with Crippen LogP contribution in [0.25, 0.3) is 55.4 Å². The summed E-state index contributed by atoms with van der Waals surface area (Å²) in [7, 11) is 0. The first-order valence-electron chi connectivity index (χ1n) is 12.3. The molecule has 0 amide bonds. The van der Waals surface area contributed by atoms with E-state index in [1.165, 1.54) is 86.6 Å². The highest BCUT2D eigenvalue weighted by Crippen LogP contribution is 2.46. The van der Waals surface area contributed by atoms with Crippen LogP contribution in [0.2, 0.25) is 0 Å². The fourth-order valence-electron chi connectivity index (χ4n) is 5.99.